The van der Waals surface area contributed by atoms with Gasteiger partial charge in [0.05, 0.1) is 45.6 Å². The summed E-state index contributed by atoms with van der Waals surface area (Å²) in [5.41, 5.74) is 55.2. The highest BCUT2D eigenvalue weighted by Gasteiger charge is 2.27. The third kappa shape index (κ3) is 13.1. The molecule has 4 N–H and O–H groups in total. The van der Waals surface area contributed by atoms with Crippen LogP contribution in [0.2, 0.25) is 0 Å². The zero-order valence-corrected chi connectivity index (χ0v) is 69.6. The van der Waals surface area contributed by atoms with Gasteiger partial charge in [-0.15, -0.1) is 0 Å². The molecule has 0 amide bonds. The minimum atomic E-state index is 0.835. The number of aromatic amines is 4. The van der Waals surface area contributed by atoms with Crippen molar-refractivity contribution in [3.8, 4) is 101 Å². The summed E-state index contributed by atoms with van der Waals surface area (Å²) in [5, 5.41) is 0. The highest BCUT2D eigenvalue weighted by Crippen LogP contribution is 2.47. The molecule has 0 radical (unpaired) electrons. The highest BCUT2D eigenvalue weighted by atomic mass is 14.8. The fraction of sp³-hybridized carbons (Fsp3) is 0.167. The maximum absolute atomic E-state index is 5.78. The predicted molar refractivity (Wildman–Crippen MR) is 492 cm³/mol. The van der Waals surface area contributed by atoms with Crippen molar-refractivity contribution in [1.82, 2.24) is 39.9 Å². The first-order valence-corrected chi connectivity index (χ1v) is 40.4. The van der Waals surface area contributed by atoms with Crippen molar-refractivity contribution in [1.29, 1.82) is 0 Å². The van der Waals surface area contributed by atoms with E-state index in [1.54, 1.807) is 0 Å². The summed E-state index contributed by atoms with van der Waals surface area (Å²) in [6, 6.07) is 62.6. The molecule has 10 heterocycles. The second-order valence-electron chi connectivity index (χ2n) is 33.1. The summed E-state index contributed by atoms with van der Waals surface area (Å²) in [7, 11) is 0. The van der Waals surface area contributed by atoms with E-state index in [1.165, 1.54) is 111 Å². The van der Waals surface area contributed by atoms with Crippen LogP contribution >= 0.6 is 0 Å². The van der Waals surface area contributed by atoms with Gasteiger partial charge < -0.3 is 19.9 Å². The van der Waals surface area contributed by atoms with Gasteiger partial charge in [-0.1, -0.05) is 142 Å². The van der Waals surface area contributed by atoms with Gasteiger partial charge >= 0.3 is 0 Å². The Bertz CT molecular complexity index is 6960. The smallest absolute Gasteiger partial charge is 0.0737 e. The Hall–Kier alpha value is -13.5. The van der Waals surface area contributed by atoms with E-state index in [0.717, 1.165) is 179 Å². The molecule has 116 heavy (non-hydrogen) atoms. The van der Waals surface area contributed by atoms with E-state index < -0.39 is 0 Å². The predicted octanol–water partition coefficient (Wildman–Crippen LogP) is 27.9. The molecular formula is C108H94N8. The Kier molecular flexibility index (Phi) is 18.4. The average Bonchev–Trinajstić information content (AvgIpc) is 1.50. The van der Waals surface area contributed by atoms with Gasteiger partial charge in [0.2, 0.25) is 0 Å². The van der Waals surface area contributed by atoms with Gasteiger partial charge in [0.15, 0.2) is 0 Å². The van der Waals surface area contributed by atoms with Crippen molar-refractivity contribution in [2.24, 2.45) is 0 Å². The third-order valence-corrected chi connectivity index (χ3v) is 23.7. The number of hydrogen-bond donors (Lipinski definition) is 4. The molecule has 566 valence electrons. The fourth-order valence-electron chi connectivity index (χ4n) is 19.7. The van der Waals surface area contributed by atoms with Crippen molar-refractivity contribution in [3.63, 3.8) is 0 Å². The van der Waals surface area contributed by atoms with Crippen LogP contribution in [0.15, 0.2) is 170 Å². The lowest BCUT2D eigenvalue weighted by molar-refractivity contribution is 1.27. The molecule has 14 aromatic rings. The molecule has 0 saturated heterocycles. The van der Waals surface area contributed by atoms with Gasteiger partial charge in [0, 0.05) is 99.8 Å². The Balaban J connectivity index is 0.826. The van der Waals surface area contributed by atoms with Crippen LogP contribution < -0.4 is 0 Å². The average molecular weight is 1500 g/mol. The van der Waals surface area contributed by atoms with Crippen LogP contribution in [0.4, 0.5) is 0 Å². The zero-order valence-electron chi connectivity index (χ0n) is 69.6. The number of aryl methyl sites for hydroxylation is 18. The number of nitrogens with one attached hydrogen (secondary N) is 4. The van der Waals surface area contributed by atoms with Crippen molar-refractivity contribution in [2.75, 3.05) is 0 Å². The van der Waals surface area contributed by atoms with Gasteiger partial charge in [0.25, 0.3) is 0 Å². The first-order valence-electron chi connectivity index (χ1n) is 40.4. The molecule has 16 bridgehead atoms. The van der Waals surface area contributed by atoms with Gasteiger partial charge in [-0.05, 0) is 357 Å². The van der Waals surface area contributed by atoms with Gasteiger partial charge in [-0.3, -0.25) is 0 Å². The van der Waals surface area contributed by atoms with Crippen LogP contribution in [0.1, 0.15) is 157 Å². The monoisotopic (exact) mass is 1500 g/mol. The van der Waals surface area contributed by atoms with Crippen LogP contribution in [0.3, 0.4) is 0 Å². The van der Waals surface area contributed by atoms with Crippen LogP contribution in [0, 0.1) is 136 Å². The standard InChI is InChI=1S/C108H94N8/c1-57-44-63(7)95(64(8)45-57)103-83-32-28-79(109-83)101(80-29-33-84(110-80)104(96-65(9)46-58(2)47-66(96)10)88-37-41-92(114-88)107(91-40-36-87(103)113-91)99-71(15)52-61(5)53-72(99)16)77-26-24-75(25-27-77)22-23-76-20-19-21-78(56-76)102-81-30-34-85(111-81)105(97-67(11)48-59(3)49-68(97)12)89-38-42-93(115-89)108(100-73(17)54-62(6)55-74(100)18)94-43-39-90(116-94)106(86-35-31-82(102)112-86)98-69(13)50-60(4)51-70(98)14/h19-21,24-56,109,111,114,116H,1-18H3. The van der Waals surface area contributed by atoms with E-state index in [1.807, 2.05) is 0 Å². The van der Waals surface area contributed by atoms with Crippen LogP contribution in [-0.4, -0.2) is 39.9 Å². The molecule has 0 atom stereocenters. The highest BCUT2D eigenvalue weighted by molar-refractivity contribution is 6.05. The van der Waals surface area contributed by atoms with E-state index >= 15 is 0 Å². The summed E-state index contributed by atoms with van der Waals surface area (Å²) in [5.74, 6) is 7.28. The van der Waals surface area contributed by atoms with Crippen LogP contribution in [0.5, 0.6) is 0 Å². The lowest BCUT2D eigenvalue weighted by atomic mass is 9.92. The van der Waals surface area contributed by atoms with Crippen molar-refractivity contribution in [3.05, 3.63) is 327 Å². The summed E-state index contributed by atoms with van der Waals surface area (Å²) in [6.45, 7) is 39.8. The molecule has 6 aromatic heterocycles. The number of fused-ring (bicyclic) bond motifs is 16. The maximum Gasteiger partial charge on any atom is 0.0737 e. The second-order valence-corrected chi connectivity index (χ2v) is 33.1. The van der Waals surface area contributed by atoms with E-state index in [4.69, 9.17) is 19.9 Å². The van der Waals surface area contributed by atoms with E-state index in [2.05, 4.69) is 375 Å². The van der Waals surface area contributed by atoms with Gasteiger partial charge in [-0.2, -0.15) is 0 Å². The molecular weight excluding hydrogens is 1410 g/mol. The topological polar surface area (TPSA) is 115 Å². The molecule has 18 rings (SSSR count). The lowest BCUT2D eigenvalue weighted by Gasteiger charge is -2.14. The van der Waals surface area contributed by atoms with E-state index in [0.29, 0.717) is 0 Å². The quantitative estimate of drug-likeness (QED) is 0.113. The molecule has 4 aliphatic rings. The first-order chi connectivity index (χ1) is 55.8. The van der Waals surface area contributed by atoms with Crippen LogP contribution in [0.25, 0.3) is 182 Å². The number of rotatable bonds is 8. The number of aromatic nitrogens is 8. The molecule has 0 unspecified atom stereocenters. The SMILES string of the molecule is Cc1cc(C)c(-c2c3nc(c(-c4c(C)cc(C)cc4C)c4ccc([nH]4)c(-c4c(C)cc(C)cc4C)c4nc(c(-c5ccc(C#Cc6cccc(-c7c8nc(c(-c9c(C)cc(C)cc9C)c9ccc([nH]9)c(-c9c(C)cc(C)cc9C)c9nc(c(-c%10c(C)cc(C)cc%10C)c%10ccc7[nH]%10)C=C9)C=C8)c6)cc5)c5ccc2[nH]5)C=C4)C=C3)c(C)c1. The van der Waals surface area contributed by atoms with Gasteiger partial charge in [0.1, 0.15) is 0 Å². The van der Waals surface area contributed by atoms with Crippen molar-refractivity contribution < 1.29 is 0 Å². The Morgan fingerprint density at radius 3 is 0.612 bits per heavy atom. The number of benzene rings is 8. The molecule has 4 aliphatic heterocycles. The molecule has 0 saturated carbocycles. The molecule has 0 spiro atoms. The van der Waals surface area contributed by atoms with E-state index in [9.17, 15) is 0 Å². The zero-order chi connectivity index (χ0) is 80.5. The molecule has 0 aliphatic carbocycles. The molecule has 0 fully saturated rings. The minimum Gasteiger partial charge on any atom is -0.354 e. The summed E-state index contributed by atoms with van der Waals surface area (Å²) in [4.78, 5) is 39.2. The number of H-pyrrole nitrogens is 4. The maximum atomic E-state index is 5.78. The minimum absolute atomic E-state index is 0.835. The normalized spacial score (nSPS) is 12.2. The van der Waals surface area contributed by atoms with E-state index in [-0.39, 0.29) is 0 Å². The first kappa shape index (κ1) is 74.0. The summed E-state index contributed by atoms with van der Waals surface area (Å²) >= 11 is 0. The van der Waals surface area contributed by atoms with Crippen LogP contribution in [-0.2, 0) is 0 Å². The largest absolute Gasteiger partial charge is 0.354 e. The Morgan fingerprint density at radius 2 is 0.379 bits per heavy atom. The second kappa shape index (κ2) is 28.9. The van der Waals surface area contributed by atoms with Gasteiger partial charge in [-0.25, -0.2) is 19.9 Å². The number of hydrogen-bond acceptors (Lipinski definition) is 4. The Labute approximate surface area is 680 Å². The fourth-order valence-corrected chi connectivity index (χ4v) is 19.7. The lowest BCUT2D eigenvalue weighted by Crippen LogP contribution is -1.96. The Morgan fingerprint density at radius 1 is 0.181 bits per heavy atom. The van der Waals surface area contributed by atoms with Crippen molar-refractivity contribution >= 4 is 92.7 Å². The third-order valence-electron chi connectivity index (χ3n) is 23.7. The molecule has 8 nitrogen and oxygen atoms in total. The number of nitrogens with zero attached hydrogens (tertiary/aromatic N) is 4. The molecule has 8 aromatic carbocycles. The van der Waals surface area contributed by atoms with Crippen molar-refractivity contribution in [2.45, 2.75) is 125 Å². The molecule has 8 heteroatoms. The summed E-state index contributed by atoms with van der Waals surface area (Å²) < 4.78 is 0. The summed E-state index contributed by atoms with van der Waals surface area (Å²) in [6.07, 6.45) is 17.6.